The highest BCUT2D eigenvalue weighted by Gasteiger charge is 2.27. The predicted molar refractivity (Wildman–Crippen MR) is 78.1 cm³/mol. The SMILES string of the molecule is CC(c1cccc(Cl)c1)N1CCCNC(C)(C)C1. The lowest BCUT2D eigenvalue weighted by molar-refractivity contribution is 0.180. The van der Waals surface area contributed by atoms with Crippen molar-refractivity contribution in [1.29, 1.82) is 0 Å². The maximum absolute atomic E-state index is 6.09. The number of hydrogen-bond donors (Lipinski definition) is 1. The van der Waals surface area contributed by atoms with E-state index in [1.807, 2.05) is 12.1 Å². The molecule has 1 unspecified atom stereocenters. The molecular weight excluding hydrogens is 244 g/mol. The highest BCUT2D eigenvalue weighted by atomic mass is 35.5. The highest BCUT2D eigenvalue weighted by molar-refractivity contribution is 6.30. The van der Waals surface area contributed by atoms with Crippen molar-refractivity contribution in [3.63, 3.8) is 0 Å². The normalized spacial score (nSPS) is 22.4. The van der Waals surface area contributed by atoms with E-state index in [0.717, 1.165) is 24.7 Å². The first-order valence-electron chi connectivity index (χ1n) is 6.72. The van der Waals surface area contributed by atoms with Gasteiger partial charge in [-0.15, -0.1) is 0 Å². The number of benzene rings is 1. The maximum atomic E-state index is 6.09. The maximum Gasteiger partial charge on any atom is 0.0409 e. The first kappa shape index (κ1) is 13.9. The zero-order chi connectivity index (χ0) is 13.2. The molecule has 0 bridgehead atoms. The van der Waals surface area contributed by atoms with Gasteiger partial charge in [0.25, 0.3) is 0 Å². The van der Waals surface area contributed by atoms with Crippen molar-refractivity contribution >= 4 is 11.6 Å². The Morgan fingerprint density at radius 3 is 2.89 bits per heavy atom. The van der Waals surface area contributed by atoms with E-state index in [9.17, 15) is 0 Å². The van der Waals surface area contributed by atoms with E-state index in [1.165, 1.54) is 12.0 Å². The molecule has 0 aliphatic carbocycles. The fourth-order valence-electron chi connectivity index (χ4n) is 2.66. The first-order valence-corrected chi connectivity index (χ1v) is 7.10. The minimum Gasteiger partial charge on any atom is -0.310 e. The molecule has 0 saturated carbocycles. The number of halogens is 1. The molecule has 1 saturated heterocycles. The van der Waals surface area contributed by atoms with E-state index in [4.69, 9.17) is 11.6 Å². The zero-order valence-corrected chi connectivity index (χ0v) is 12.3. The molecule has 18 heavy (non-hydrogen) atoms. The summed E-state index contributed by atoms with van der Waals surface area (Å²) in [4.78, 5) is 2.55. The molecule has 0 radical (unpaired) electrons. The van der Waals surface area contributed by atoms with Crippen LogP contribution in [-0.2, 0) is 0 Å². The van der Waals surface area contributed by atoms with Crippen LogP contribution < -0.4 is 5.32 Å². The summed E-state index contributed by atoms with van der Waals surface area (Å²) in [5.74, 6) is 0. The van der Waals surface area contributed by atoms with Gasteiger partial charge in [-0.2, -0.15) is 0 Å². The molecule has 1 aromatic rings. The molecule has 1 heterocycles. The number of hydrogen-bond acceptors (Lipinski definition) is 2. The first-order chi connectivity index (χ1) is 8.48. The molecule has 0 amide bonds. The van der Waals surface area contributed by atoms with Crippen LogP contribution in [0.15, 0.2) is 24.3 Å². The van der Waals surface area contributed by atoms with Crippen LogP contribution in [0.25, 0.3) is 0 Å². The molecule has 100 valence electrons. The molecule has 2 nitrogen and oxygen atoms in total. The van der Waals surface area contributed by atoms with Gasteiger partial charge in [-0.25, -0.2) is 0 Å². The van der Waals surface area contributed by atoms with Gasteiger partial charge < -0.3 is 5.32 Å². The van der Waals surface area contributed by atoms with Gasteiger partial charge in [0, 0.05) is 29.7 Å². The van der Waals surface area contributed by atoms with Crippen LogP contribution in [0.3, 0.4) is 0 Å². The molecule has 0 spiro atoms. The van der Waals surface area contributed by atoms with Crippen LogP contribution in [0.4, 0.5) is 0 Å². The van der Waals surface area contributed by atoms with Gasteiger partial charge >= 0.3 is 0 Å². The Kier molecular flexibility index (Phi) is 4.31. The Morgan fingerprint density at radius 2 is 2.17 bits per heavy atom. The van der Waals surface area contributed by atoms with Gasteiger partial charge in [0.2, 0.25) is 0 Å². The fraction of sp³-hybridized carbons (Fsp3) is 0.600. The molecule has 1 aromatic carbocycles. The summed E-state index contributed by atoms with van der Waals surface area (Å²) in [6, 6.07) is 8.64. The Morgan fingerprint density at radius 1 is 1.39 bits per heavy atom. The van der Waals surface area contributed by atoms with Crippen LogP contribution >= 0.6 is 11.6 Å². The smallest absolute Gasteiger partial charge is 0.0409 e. The molecule has 1 atom stereocenters. The summed E-state index contributed by atoms with van der Waals surface area (Å²) in [6.45, 7) is 10.1. The largest absolute Gasteiger partial charge is 0.310 e. The van der Waals surface area contributed by atoms with Crippen molar-refractivity contribution in [3.8, 4) is 0 Å². The second kappa shape index (κ2) is 5.60. The molecule has 2 rings (SSSR count). The predicted octanol–water partition coefficient (Wildman–Crippen LogP) is 3.47. The summed E-state index contributed by atoms with van der Waals surface area (Å²) in [5.41, 5.74) is 1.49. The molecule has 0 aromatic heterocycles. The van der Waals surface area contributed by atoms with Crippen molar-refractivity contribution in [2.24, 2.45) is 0 Å². The van der Waals surface area contributed by atoms with E-state index >= 15 is 0 Å². The molecule has 1 aliphatic heterocycles. The Balaban J connectivity index is 2.14. The quantitative estimate of drug-likeness (QED) is 0.882. The number of nitrogens with one attached hydrogen (secondary N) is 1. The summed E-state index contributed by atoms with van der Waals surface area (Å²) in [5, 5.41) is 4.43. The Hall–Kier alpha value is -0.570. The minimum absolute atomic E-state index is 0.184. The molecule has 1 N–H and O–H groups in total. The van der Waals surface area contributed by atoms with Gasteiger partial charge in [0.05, 0.1) is 0 Å². The summed E-state index contributed by atoms with van der Waals surface area (Å²) < 4.78 is 0. The fourth-order valence-corrected chi connectivity index (χ4v) is 2.86. The van der Waals surface area contributed by atoms with Crippen LogP contribution in [0.2, 0.25) is 5.02 Å². The monoisotopic (exact) mass is 266 g/mol. The average Bonchev–Trinajstić information content (AvgIpc) is 2.49. The summed E-state index contributed by atoms with van der Waals surface area (Å²) in [6.07, 6.45) is 1.20. The Labute approximate surface area is 115 Å². The van der Waals surface area contributed by atoms with E-state index in [1.54, 1.807) is 0 Å². The molecule has 3 heteroatoms. The zero-order valence-electron chi connectivity index (χ0n) is 11.5. The van der Waals surface area contributed by atoms with Gasteiger partial charge in [-0.3, -0.25) is 4.90 Å². The van der Waals surface area contributed by atoms with Crippen molar-refractivity contribution < 1.29 is 0 Å². The van der Waals surface area contributed by atoms with Gasteiger partial charge in [0.15, 0.2) is 0 Å². The number of rotatable bonds is 2. The third kappa shape index (κ3) is 3.47. The lowest BCUT2D eigenvalue weighted by Crippen LogP contribution is -2.46. The van der Waals surface area contributed by atoms with Gasteiger partial charge in [-0.05, 0) is 51.4 Å². The molecule has 1 aliphatic rings. The average molecular weight is 267 g/mol. The van der Waals surface area contributed by atoms with Crippen LogP contribution in [0.1, 0.15) is 38.8 Å². The highest BCUT2D eigenvalue weighted by Crippen LogP contribution is 2.25. The van der Waals surface area contributed by atoms with E-state index in [-0.39, 0.29) is 5.54 Å². The number of nitrogens with zero attached hydrogens (tertiary/aromatic N) is 1. The third-order valence-electron chi connectivity index (χ3n) is 3.70. The standard InChI is InChI=1S/C15H23ClN2/c1-12(13-6-4-7-14(16)10-13)18-9-5-8-17-15(2,3)11-18/h4,6-7,10,12,17H,5,8-9,11H2,1-3H3. The van der Waals surface area contributed by atoms with Crippen molar-refractivity contribution in [3.05, 3.63) is 34.9 Å². The third-order valence-corrected chi connectivity index (χ3v) is 3.94. The van der Waals surface area contributed by atoms with E-state index < -0.39 is 0 Å². The van der Waals surface area contributed by atoms with Gasteiger partial charge in [-0.1, -0.05) is 23.7 Å². The lowest BCUT2D eigenvalue weighted by atomic mass is 10.0. The topological polar surface area (TPSA) is 15.3 Å². The Bertz CT molecular complexity index is 403. The van der Waals surface area contributed by atoms with Crippen LogP contribution in [0.5, 0.6) is 0 Å². The minimum atomic E-state index is 0.184. The van der Waals surface area contributed by atoms with Crippen LogP contribution in [-0.4, -0.2) is 30.1 Å². The van der Waals surface area contributed by atoms with Crippen molar-refractivity contribution in [2.45, 2.75) is 38.8 Å². The molecular formula is C15H23ClN2. The van der Waals surface area contributed by atoms with E-state index in [0.29, 0.717) is 6.04 Å². The second-order valence-electron chi connectivity index (χ2n) is 5.87. The summed E-state index contributed by atoms with van der Waals surface area (Å²) >= 11 is 6.09. The summed E-state index contributed by atoms with van der Waals surface area (Å²) in [7, 11) is 0. The van der Waals surface area contributed by atoms with E-state index in [2.05, 4.69) is 43.1 Å². The van der Waals surface area contributed by atoms with Crippen molar-refractivity contribution in [2.75, 3.05) is 19.6 Å². The lowest BCUT2D eigenvalue weighted by Gasteiger charge is -2.34. The molecule has 1 fully saturated rings. The second-order valence-corrected chi connectivity index (χ2v) is 6.30. The van der Waals surface area contributed by atoms with Gasteiger partial charge in [0.1, 0.15) is 0 Å². The van der Waals surface area contributed by atoms with Crippen molar-refractivity contribution in [1.82, 2.24) is 10.2 Å². The van der Waals surface area contributed by atoms with Crippen LogP contribution in [0, 0.1) is 0 Å².